The van der Waals surface area contributed by atoms with E-state index in [4.69, 9.17) is 15.2 Å². The van der Waals surface area contributed by atoms with Crippen LogP contribution in [0, 0.1) is 6.92 Å². The molecule has 2 N–H and O–H groups in total. The second kappa shape index (κ2) is 11.7. The standard InChI is InChI=1S/C25H25N3O3S/c1-3-30-23-15-20(16-27-28-25(26)32-17-19-7-5-4-6-8-19)11-14-22(23)31-24(29)21-12-9-18(2)10-13-21/h4-16H,3,17H2,1-2H3,(H2,26,28). The summed E-state index contributed by atoms with van der Waals surface area (Å²) in [7, 11) is 0. The largest absolute Gasteiger partial charge is 0.490 e. The van der Waals surface area contributed by atoms with E-state index in [2.05, 4.69) is 10.2 Å². The Morgan fingerprint density at radius 2 is 1.78 bits per heavy atom. The van der Waals surface area contributed by atoms with Gasteiger partial charge < -0.3 is 15.2 Å². The molecule has 0 amide bonds. The Morgan fingerprint density at radius 3 is 2.50 bits per heavy atom. The second-order valence-corrected chi connectivity index (χ2v) is 7.85. The molecule has 0 aliphatic carbocycles. The molecule has 0 saturated carbocycles. The van der Waals surface area contributed by atoms with Crippen LogP contribution in [0.4, 0.5) is 0 Å². The number of aryl methyl sites for hydroxylation is 1. The molecule has 0 aromatic heterocycles. The van der Waals surface area contributed by atoms with Crippen molar-refractivity contribution in [1.82, 2.24) is 0 Å². The third-order valence-electron chi connectivity index (χ3n) is 4.35. The second-order valence-electron chi connectivity index (χ2n) is 6.85. The lowest BCUT2D eigenvalue weighted by Crippen LogP contribution is -2.09. The minimum Gasteiger partial charge on any atom is -0.490 e. The summed E-state index contributed by atoms with van der Waals surface area (Å²) < 4.78 is 11.2. The van der Waals surface area contributed by atoms with Gasteiger partial charge in [-0.05, 0) is 55.3 Å². The van der Waals surface area contributed by atoms with Gasteiger partial charge in [-0.3, -0.25) is 0 Å². The number of carbonyl (C=O) groups is 1. The van der Waals surface area contributed by atoms with Crippen LogP contribution in [-0.4, -0.2) is 24.0 Å². The third kappa shape index (κ3) is 6.99. The lowest BCUT2D eigenvalue weighted by molar-refractivity contribution is 0.0728. The first-order valence-electron chi connectivity index (χ1n) is 10.1. The van der Waals surface area contributed by atoms with Crippen LogP contribution in [0.1, 0.15) is 34.0 Å². The molecule has 0 aliphatic heterocycles. The first-order chi connectivity index (χ1) is 15.5. The van der Waals surface area contributed by atoms with Crippen LogP contribution in [-0.2, 0) is 5.75 Å². The van der Waals surface area contributed by atoms with Gasteiger partial charge in [0.1, 0.15) is 0 Å². The number of thioether (sulfide) groups is 1. The fourth-order valence-corrected chi connectivity index (χ4v) is 3.33. The number of hydrogen-bond donors (Lipinski definition) is 1. The number of nitrogens with two attached hydrogens (primary N) is 1. The molecule has 0 radical (unpaired) electrons. The van der Waals surface area contributed by atoms with Crippen molar-refractivity contribution in [2.24, 2.45) is 15.9 Å². The molecule has 0 fully saturated rings. The zero-order valence-corrected chi connectivity index (χ0v) is 18.8. The smallest absolute Gasteiger partial charge is 0.343 e. The van der Waals surface area contributed by atoms with E-state index in [1.54, 1.807) is 36.5 Å². The van der Waals surface area contributed by atoms with Crippen molar-refractivity contribution in [3.63, 3.8) is 0 Å². The van der Waals surface area contributed by atoms with Crippen LogP contribution >= 0.6 is 11.8 Å². The number of carbonyl (C=O) groups excluding carboxylic acids is 1. The average molecular weight is 448 g/mol. The molecule has 32 heavy (non-hydrogen) atoms. The van der Waals surface area contributed by atoms with E-state index >= 15 is 0 Å². The molecule has 0 unspecified atom stereocenters. The van der Waals surface area contributed by atoms with E-state index in [0.717, 1.165) is 22.4 Å². The Labute approximate surface area is 192 Å². The van der Waals surface area contributed by atoms with Gasteiger partial charge in [0, 0.05) is 5.75 Å². The van der Waals surface area contributed by atoms with Crippen molar-refractivity contribution in [2.45, 2.75) is 19.6 Å². The first-order valence-corrected chi connectivity index (χ1v) is 11.1. The molecule has 0 spiro atoms. The van der Waals surface area contributed by atoms with E-state index < -0.39 is 5.97 Å². The summed E-state index contributed by atoms with van der Waals surface area (Å²) in [6.07, 6.45) is 1.57. The number of amidine groups is 1. The molecular weight excluding hydrogens is 422 g/mol. The van der Waals surface area contributed by atoms with Crippen LogP contribution in [0.2, 0.25) is 0 Å². The van der Waals surface area contributed by atoms with E-state index in [1.807, 2.05) is 56.3 Å². The van der Waals surface area contributed by atoms with Crippen LogP contribution in [0.3, 0.4) is 0 Å². The maximum atomic E-state index is 12.4. The summed E-state index contributed by atoms with van der Waals surface area (Å²) >= 11 is 1.42. The molecule has 0 saturated heterocycles. The molecular formula is C25H25N3O3S. The first kappa shape index (κ1) is 23.1. The lowest BCUT2D eigenvalue weighted by atomic mass is 10.1. The maximum Gasteiger partial charge on any atom is 0.343 e. The Morgan fingerprint density at radius 1 is 1.03 bits per heavy atom. The number of esters is 1. The summed E-state index contributed by atoms with van der Waals surface area (Å²) in [5.41, 5.74) is 9.38. The summed E-state index contributed by atoms with van der Waals surface area (Å²) in [6.45, 7) is 4.25. The van der Waals surface area contributed by atoms with E-state index in [1.165, 1.54) is 11.8 Å². The summed E-state index contributed by atoms with van der Waals surface area (Å²) in [6, 6.07) is 22.4. The fraction of sp³-hybridized carbons (Fsp3) is 0.160. The quantitative estimate of drug-likeness (QED) is 0.169. The molecule has 3 aromatic rings. The van der Waals surface area contributed by atoms with Gasteiger partial charge in [0.2, 0.25) is 0 Å². The normalized spacial score (nSPS) is 11.5. The minimum absolute atomic E-state index is 0.344. The zero-order chi connectivity index (χ0) is 22.8. The van der Waals surface area contributed by atoms with Gasteiger partial charge in [0.05, 0.1) is 18.4 Å². The molecule has 0 aliphatic rings. The molecule has 7 heteroatoms. The topological polar surface area (TPSA) is 86.3 Å². The zero-order valence-electron chi connectivity index (χ0n) is 18.0. The van der Waals surface area contributed by atoms with Gasteiger partial charge in [-0.2, -0.15) is 5.10 Å². The van der Waals surface area contributed by atoms with Crippen LogP contribution in [0.25, 0.3) is 0 Å². The van der Waals surface area contributed by atoms with Crippen molar-refractivity contribution < 1.29 is 14.3 Å². The van der Waals surface area contributed by atoms with Gasteiger partial charge in [-0.1, -0.05) is 59.8 Å². The molecule has 164 valence electrons. The third-order valence-corrected chi connectivity index (χ3v) is 5.21. The Bertz CT molecular complexity index is 1100. The van der Waals surface area contributed by atoms with Crippen LogP contribution in [0.5, 0.6) is 11.5 Å². The molecule has 6 nitrogen and oxygen atoms in total. The van der Waals surface area contributed by atoms with Crippen molar-refractivity contribution >= 4 is 29.1 Å². The van der Waals surface area contributed by atoms with Crippen LogP contribution in [0.15, 0.2) is 83.0 Å². The Kier molecular flexibility index (Phi) is 8.45. The predicted molar refractivity (Wildman–Crippen MR) is 131 cm³/mol. The van der Waals surface area contributed by atoms with Gasteiger partial charge in [0.15, 0.2) is 16.7 Å². The van der Waals surface area contributed by atoms with E-state index in [0.29, 0.717) is 28.8 Å². The molecule has 0 bridgehead atoms. The Hall–Kier alpha value is -3.58. The van der Waals surface area contributed by atoms with Crippen molar-refractivity contribution in [1.29, 1.82) is 0 Å². The van der Waals surface area contributed by atoms with E-state index in [9.17, 15) is 4.79 Å². The highest BCUT2D eigenvalue weighted by atomic mass is 32.2. The molecule has 0 heterocycles. The SMILES string of the molecule is CCOc1cc(C=NN=C(N)SCc2ccccc2)ccc1OC(=O)c1ccc(C)cc1. The van der Waals surface area contributed by atoms with Crippen molar-refractivity contribution in [3.8, 4) is 11.5 Å². The number of ether oxygens (including phenoxy) is 2. The van der Waals surface area contributed by atoms with Gasteiger partial charge in [0.25, 0.3) is 0 Å². The molecule has 3 aromatic carbocycles. The van der Waals surface area contributed by atoms with Gasteiger partial charge in [-0.15, -0.1) is 5.10 Å². The maximum absolute atomic E-state index is 12.4. The summed E-state index contributed by atoms with van der Waals surface area (Å²) in [5, 5.41) is 8.46. The van der Waals surface area contributed by atoms with Crippen LogP contribution < -0.4 is 15.2 Å². The monoisotopic (exact) mass is 447 g/mol. The van der Waals surface area contributed by atoms with Gasteiger partial charge >= 0.3 is 5.97 Å². The summed E-state index contributed by atoms with van der Waals surface area (Å²) in [5.74, 6) is 1.07. The molecule has 0 atom stereocenters. The lowest BCUT2D eigenvalue weighted by Gasteiger charge is -2.11. The number of rotatable bonds is 8. The highest BCUT2D eigenvalue weighted by molar-refractivity contribution is 8.13. The average Bonchev–Trinajstić information content (AvgIpc) is 2.80. The summed E-state index contributed by atoms with van der Waals surface area (Å²) in [4.78, 5) is 12.4. The predicted octanol–water partition coefficient (Wildman–Crippen LogP) is 5.19. The highest BCUT2D eigenvalue weighted by Gasteiger charge is 2.13. The number of hydrogen-bond acceptors (Lipinski definition) is 6. The number of benzene rings is 3. The Balaban J connectivity index is 1.65. The number of nitrogens with zero attached hydrogens (tertiary/aromatic N) is 2. The van der Waals surface area contributed by atoms with Gasteiger partial charge in [-0.25, -0.2) is 4.79 Å². The minimum atomic E-state index is -0.444. The highest BCUT2D eigenvalue weighted by Crippen LogP contribution is 2.29. The van der Waals surface area contributed by atoms with E-state index in [-0.39, 0.29) is 0 Å². The fourth-order valence-electron chi connectivity index (χ4n) is 2.72. The van der Waals surface area contributed by atoms with Crippen molar-refractivity contribution in [2.75, 3.05) is 6.61 Å². The molecule has 3 rings (SSSR count). The van der Waals surface area contributed by atoms with Crippen molar-refractivity contribution in [3.05, 3.63) is 95.1 Å².